The molecule has 6 nitrogen and oxygen atoms in total. The molecule has 0 saturated carbocycles. The maximum atomic E-state index is 10.6. The van der Waals surface area contributed by atoms with Crippen molar-refractivity contribution in [3.8, 4) is 0 Å². The first kappa shape index (κ1) is 12.6. The number of hydrogen-bond donors (Lipinski definition) is 2. The van der Waals surface area contributed by atoms with Gasteiger partial charge in [-0.25, -0.2) is 9.59 Å². The third-order valence-electron chi connectivity index (χ3n) is 2.03. The summed E-state index contributed by atoms with van der Waals surface area (Å²) in [6.45, 7) is 0.994. The molecule has 16 heavy (non-hydrogen) atoms. The molecule has 2 heterocycles. The van der Waals surface area contributed by atoms with Crippen LogP contribution in [-0.2, 0) is 14.4 Å². The van der Waals surface area contributed by atoms with Crippen LogP contribution in [0.1, 0.15) is 6.42 Å². The second-order valence-electron chi connectivity index (χ2n) is 3.13. The van der Waals surface area contributed by atoms with Gasteiger partial charge in [0.25, 0.3) is 0 Å². The van der Waals surface area contributed by atoms with E-state index in [4.69, 9.17) is 10.2 Å². The van der Waals surface area contributed by atoms with Crippen molar-refractivity contribution in [3.05, 3.63) is 12.2 Å². The van der Waals surface area contributed by atoms with Crippen molar-refractivity contribution in [1.82, 2.24) is 4.90 Å². The lowest BCUT2D eigenvalue weighted by molar-refractivity contribution is -0.140. The first-order chi connectivity index (χ1) is 7.50. The van der Waals surface area contributed by atoms with Gasteiger partial charge in [0.1, 0.15) is 0 Å². The van der Waals surface area contributed by atoms with Gasteiger partial charge in [-0.3, -0.25) is 4.79 Å². The van der Waals surface area contributed by atoms with Gasteiger partial charge in [-0.15, -0.1) is 11.8 Å². The summed E-state index contributed by atoms with van der Waals surface area (Å²) in [6, 6.07) is 0. The van der Waals surface area contributed by atoms with Crippen LogP contribution < -0.4 is 0 Å². The van der Waals surface area contributed by atoms with Gasteiger partial charge in [-0.1, -0.05) is 0 Å². The van der Waals surface area contributed by atoms with Crippen LogP contribution in [-0.4, -0.2) is 50.6 Å². The molecule has 0 aromatic carbocycles. The largest absolute Gasteiger partial charge is 0.478 e. The second-order valence-corrected chi connectivity index (χ2v) is 4.41. The van der Waals surface area contributed by atoms with E-state index in [9.17, 15) is 14.4 Å². The molecule has 2 fully saturated rings. The summed E-state index contributed by atoms with van der Waals surface area (Å²) >= 11 is 1.90. The number of rotatable bonds is 2. The minimum absolute atomic E-state index is 0.347. The molecule has 0 spiro atoms. The molecule has 0 unspecified atom stereocenters. The molecule has 0 bridgehead atoms. The fraction of sp³-hybridized carbons (Fsp3) is 0.444. The number of carbonyl (C=O) groups is 3. The number of β-lactam (4-membered cyclic amide) rings is 1. The van der Waals surface area contributed by atoms with Crippen LogP contribution in [0.25, 0.3) is 0 Å². The highest BCUT2D eigenvalue weighted by Gasteiger charge is 2.39. The lowest BCUT2D eigenvalue weighted by Gasteiger charge is -2.32. The van der Waals surface area contributed by atoms with Crippen molar-refractivity contribution in [2.24, 2.45) is 0 Å². The Balaban J connectivity index is 0.000000160. The number of amides is 1. The van der Waals surface area contributed by atoms with Crippen molar-refractivity contribution in [2.75, 3.05) is 12.3 Å². The lowest BCUT2D eigenvalue weighted by atomic mass is 10.2. The molecule has 0 aliphatic carbocycles. The molecule has 2 saturated heterocycles. The number of thioether (sulfide) groups is 1. The quantitative estimate of drug-likeness (QED) is 0.525. The maximum absolute atomic E-state index is 10.6. The molecule has 2 rings (SSSR count). The average Bonchev–Trinajstić information content (AvgIpc) is 2.57. The standard InChI is InChI=1S/C5H7NOS.C4H4O4/c7-4-3-5-6(4)1-2-8-5;5-3(6)1-2-4(7)8/h5H,1-3H2;1-2H,(H,5,6)(H,7,8)/b;2-1+/t5-;/m1./s1. The molecule has 2 aliphatic heterocycles. The summed E-state index contributed by atoms with van der Waals surface area (Å²) in [4.78, 5) is 31.7. The Labute approximate surface area is 95.9 Å². The number of carboxylic acids is 2. The van der Waals surface area contributed by atoms with Gasteiger partial charge in [0.05, 0.1) is 11.8 Å². The summed E-state index contributed by atoms with van der Waals surface area (Å²) in [5.74, 6) is -1.02. The number of hydrogen-bond acceptors (Lipinski definition) is 4. The van der Waals surface area contributed by atoms with Crippen molar-refractivity contribution >= 4 is 29.6 Å². The second kappa shape index (κ2) is 5.55. The summed E-state index contributed by atoms with van der Waals surface area (Å²) in [7, 11) is 0. The van der Waals surface area contributed by atoms with Gasteiger partial charge in [-0.2, -0.15) is 0 Å². The minimum atomic E-state index is -1.26. The Bertz CT molecular complexity index is 325. The Kier molecular flexibility index (Phi) is 4.36. The first-order valence-electron chi connectivity index (χ1n) is 4.55. The van der Waals surface area contributed by atoms with Gasteiger partial charge in [0.2, 0.25) is 5.91 Å². The van der Waals surface area contributed by atoms with Crippen molar-refractivity contribution in [1.29, 1.82) is 0 Å². The Morgan fingerprint density at radius 3 is 2.19 bits per heavy atom. The molecule has 0 aromatic rings. The Hall–Kier alpha value is -1.50. The van der Waals surface area contributed by atoms with Crippen LogP contribution in [0.4, 0.5) is 0 Å². The number of nitrogens with zero attached hydrogens (tertiary/aromatic N) is 1. The number of fused-ring (bicyclic) bond motifs is 1. The molecule has 88 valence electrons. The van der Waals surface area contributed by atoms with Crippen LogP contribution in [0.2, 0.25) is 0 Å². The molecule has 2 N–H and O–H groups in total. The van der Waals surface area contributed by atoms with E-state index in [0.717, 1.165) is 18.7 Å². The topological polar surface area (TPSA) is 94.9 Å². The molecular weight excluding hydrogens is 234 g/mol. The van der Waals surface area contributed by atoms with Gasteiger partial charge in [0, 0.05) is 24.4 Å². The predicted octanol–water partition coefficient (Wildman–Crippen LogP) is 0.00340. The highest BCUT2D eigenvalue weighted by molar-refractivity contribution is 8.00. The summed E-state index contributed by atoms with van der Waals surface area (Å²) in [6.07, 6.45) is 1.91. The molecule has 1 amide bonds. The van der Waals surface area contributed by atoms with E-state index in [1.165, 1.54) is 0 Å². The normalized spacial score (nSPS) is 22.1. The van der Waals surface area contributed by atoms with Gasteiger partial charge in [-0.05, 0) is 0 Å². The lowest BCUT2D eigenvalue weighted by Crippen LogP contribution is -2.46. The number of carbonyl (C=O) groups excluding carboxylic acids is 1. The first-order valence-corrected chi connectivity index (χ1v) is 5.60. The average molecular weight is 245 g/mol. The minimum Gasteiger partial charge on any atom is -0.478 e. The molecule has 2 aliphatic rings. The fourth-order valence-electron chi connectivity index (χ4n) is 1.27. The smallest absolute Gasteiger partial charge is 0.328 e. The van der Waals surface area contributed by atoms with Crippen LogP contribution in [0.3, 0.4) is 0 Å². The van der Waals surface area contributed by atoms with Crippen LogP contribution in [0.15, 0.2) is 12.2 Å². The van der Waals surface area contributed by atoms with Crippen molar-refractivity contribution < 1.29 is 24.6 Å². The number of aliphatic carboxylic acids is 2. The molecular formula is C9H11NO5S. The third-order valence-corrected chi connectivity index (χ3v) is 3.25. The fourth-order valence-corrected chi connectivity index (χ4v) is 2.51. The van der Waals surface area contributed by atoms with Crippen molar-refractivity contribution in [2.45, 2.75) is 11.8 Å². The summed E-state index contributed by atoms with van der Waals surface area (Å²) in [5, 5.41) is 16.2. The predicted molar refractivity (Wildman–Crippen MR) is 57.0 cm³/mol. The number of carboxylic acid groups (broad SMARTS) is 2. The SMILES string of the molecule is O=C(O)/C=C/C(=O)O.O=C1C[C@H]2SCCN12. The zero-order valence-corrected chi connectivity index (χ0v) is 9.14. The zero-order chi connectivity index (χ0) is 12.1. The molecule has 1 atom stereocenters. The van der Waals surface area contributed by atoms with E-state index in [0.29, 0.717) is 23.4 Å². The van der Waals surface area contributed by atoms with E-state index in [2.05, 4.69) is 0 Å². The van der Waals surface area contributed by atoms with Crippen LogP contribution >= 0.6 is 11.8 Å². The summed E-state index contributed by atoms with van der Waals surface area (Å²) < 4.78 is 0. The molecule has 0 radical (unpaired) electrons. The van der Waals surface area contributed by atoms with E-state index in [-0.39, 0.29) is 0 Å². The molecule has 0 aromatic heterocycles. The Morgan fingerprint density at radius 2 is 1.88 bits per heavy atom. The third kappa shape index (κ3) is 3.58. The van der Waals surface area contributed by atoms with Crippen molar-refractivity contribution in [3.63, 3.8) is 0 Å². The summed E-state index contributed by atoms with van der Waals surface area (Å²) in [5.41, 5.74) is 0. The van der Waals surface area contributed by atoms with Crippen LogP contribution in [0.5, 0.6) is 0 Å². The van der Waals surface area contributed by atoms with E-state index in [1.807, 2.05) is 16.7 Å². The van der Waals surface area contributed by atoms with Gasteiger partial charge >= 0.3 is 11.9 Å². The zero-order valence-electron chi connectivity index (χ0n) is 8.33. The van der Waals surface area contributed by atoms with E-state index < -0.39 is 11.9 Å². The van der Waals surface area contributed by atoms with Crippen LogP contribution in [0, 0.1) is 0 Å². The van der Waals surface area contributed by atoms with E-state index >= 15 is 0 Å². The highest BCUT2D eigenvalue weighted by atomic mass is 32.2. The van der Waals surface area contributed by atoms with E-state index in [1.54, 1.807) is 0 Å². The Morgan fingerprint density at radius 1 is 1.31 bits per heavy atom. The monoisotopic (exact) mass is 245 g/mol. The maximum Gasteiger partial charge on any atom is 0.328 e. The highest BCUT2D eigenvalue weighted by Crippen LogP contribution is 2.34. The van der Waals surface area contributed by atoms with Gasteiger partial charge < -0.3 is 15.1 Å². The molecule has 7 heteroatoms. The van der Waals surface area contributed by atoms with Gasteiger partial charge in [0.15, 0.2) is 0 Å².